The van der Waals surface area contributed by atoms with Crippen LogP contribution in [0.4, 0.5) is 0 Å². The number of hydrogen-bond donors (Lipinski definition) is 0. The fraction of sp³-hybridized carbons (Fsp3) is 0.0500. The molecule has 0 saturated carbocycles. The molecule has 0 fully saturated rings. The molecule has 0 radical (unpaired) electrons. The van der Waals surface area contributed by atoms with E-state index in [-0.39, 0.29) is 0 Å². The maximum absolute atomic E-state index is 6.25. The zero-order valence-electron chi connectivity index (χ0n) is 14.1. The Bertz CT molecular complexity index is 1100. The van der Waals surface area contributed by atoms with E-state index in [9.17, 15) is 0 Å². The zero-order valence-corrected chi connectivity index (χ0v) is 14.8. The van der Waals surface area contributed by atoms with Crippen molar-refractivity contribution in [2.24, 2.45) is 7.05 Å². The van der Waals surface area contributed by atoms with Gasteiger partial charge in [0, 0.05) is 18.8 Å². The summed E-state index contributed by atoms with van der Waals surface area (Å²) >= 11 is 6.25. The van der Waals surface area contributed by atoms with Crippen molar-refractivity contribution in [3.63, 3.8) is 0 Å². The first kappa shape index (κ1) is 16.3. The largest absolute Gasteiger partial charge is 0.457 e. The number of ether oxygens (including phenoxy) is 1. The molecule has 128 valence electrons. The molecule has 0 bridgehead atoms. The van der Waals surface area contributed by atoms with Gasteiger partial charge in [-0.05, 0) is 48.5 Å². The number of aromatic nitrogens is 4. The van der Waals surface area contributed by atoms with Crippen LogP contribution < -0.4 is 4.74 Å². The van der Waals surface area contributed by atoms with Crippen LogP contribution in [0.15, 0.2) is 61.4 Å². The summed E-state index contributed by atoms with van der Waals surface area (Å²) < 4.78 is 7.76. The zero-order chi connectivity index (χ0) is 18.1. The van der Waals surface area contributed by atoms with E-state index >= 15 is 0 Å². The second kappa shape index (κ2) is 6.61. The molecule has 0 amide bonds. The number of aryl methyl sites for hydroxylation is 1. The molecule has 0 aliphatic heterocycles. The highest BCUT2D eigenvalue weighted by atomic mass is 35.5. The van der Waals surface area contributed by atoms with Gasteiger partial charge in [0.25, 0.3) is 0 Å². The van der Waals surface area contributed by atoms with Crippen molar-refractivity contribution in [2.45, 2.75) is 0 Å². The third-order valence-corrected chi connectivity index (χ3v) is 4.34. The van der Waals surface area contributed by atoms with Crippen molar-refractivity contribution in [2.75, 3.05) is 0 Å². The Morgan fingerprint density at radius 1 is 1.12 bits per heavy atom. The first-order chi connectivity index (χ1) is 12.7. The van der Waals surface area contributed by atoms with Gasteiger partial charge >= 0.3 is 0 Å². The molecule has 6 heteroatoms. The minimum absolute atomic E-state index is 0.641. The quantitative estimate of drug-likeness (QED) is 0.505. The Labute approximate surface area is 155 Å². The minimum atomic E-state index is 0.641. The lowest BCUT2D eigenvalue weighted by molar-refractivity contribution is 0.488. The van der Waals surface area contributed by atoms with Crippen molar-refractivity contribution < 1.29 is 4.74 Å². The van der Waals surface area contributed by atoms with Crippen molar-refractivity contribution in [3.8, 4) is 22.9 Å². The Hall–Kier alpha value is -3.18. The maximum atomic E-state index is 6.25. The Morgan fingerprint density at radius 2 is 1.92 bits per heavy atom. The summed E-state index contributed by atoms with van der Waals surface area (Å²) in [7, 11) is 1.85. The molecule has 2 aromatic heterocycles. The standard InChI is InChI=1S/C20H15ClN4O/c1-3-14-10-11-22-20(24-14)13-4-6-15(7-5-13)26-18-9-8-17(21)19-16(18)12-23-25(19)2/h3-12H,1H2,2H3. The van der Waals surface area contributed by atoms with Gasteiger partial charge in [0.2, 0.25) is 0 Å². The van der Waals surface area contributed by atoms with Gasteiger partial charge in [0.15, 0.2) is 5.82 Å². The molecule has 0 aliphatic carbocycles. The summed E-state index contributed by atoms with van der Waals surface area (Å²) in [5, 5.41) is 5.76. The molecule has 5 nitrogen and oxygen atoms in total. The molecular weight excluding hydrogens is 348 g/mol. The average molecular weight is 363 g/mol. The third kappa shape index (κ3) is 2.93. The van der Waals surface area contributed by atoms with Crippen LogP contribution in [0.25, 0.3) is 28.4 Å². The summed E-state index contributed by atoms with van der Waals surface area (Å²) in [4.78, 5) is 8.73. The van der Waals surface area contributed by atoms with Gasteiger partial charge < -0.3 is 4.74 Å². The van der Waals surface area contributed by atoms with Crippen LogP contribution in [0.2, 0.25) is 5.02 Å². The van der Waals surface area contributed by atoms with E-state index in [2.05, 4.69) is 21.6 Å². The van der Waals surface area contributed by atoms with E-state index in [0.717, 1.165) is 22.2 Å². The van der Waals surface area contributed by atoms with Gasteiger partial charge in [-0.15, -0.1) is 0 Å². The van der Waals surface area contributed by atoms with Crippen LogP contribution in [-0.4, -0.2) is 19.7 Å². The van der Waals surface area contributed by atoms with Gasteiger partial charge in [0.05, 0.1) is 27.8 Å². The Balaban J connectivity index is 1.64. The van der Waals surface area contributed by atoms with Crippen LogP contribution in [0, 0.1) is 0 Å². The van der Waals surface area contributed by atoms with Crippen LogP contribution >= 0.6 is 11.6 Å². The predicted octanol–water partition coefficient (Wildman–Crippen LogP) is 5.12. The Kier molecular flexibility index (Phi) is 4.14. The highest BCUT2D eigenvalue weighted by molar-refractivity contribution is 6.35. The number of halogens is 1. The highest BCUT2D eigenvalue weighted by Crippen LogP contribution is 2.34. The SMILES string of the molecule is C=Cc1ccnc(-c2ccc(Oc3ccc(Cl)c4c3cnn4C)cc2)n1. The molecule has 0 unspecified atom stereocenters. The van der Waals surface area contributed by atoms with E-state index in [0.29, 0.717) is 22.3 Å². The lowest BCUT2D eigenvalue weighted by Gasteiger charge is -2.09. The lowest BCUT2D eigenvalue weighted by Crippen LogP contribution is -1.92. The summed E-state index contributed by atoms with van der Waals surface area (Å²) in [5.41, 5.74) is 2.54. The summed E-state index contributed by atoms with van der Waals surface area (Å²) in [6.45, 7) is 3.73. The molecule has 26 heavy (non-hydrogen) atoms. The maximum Gasteiger partial charge on any atom is 0.159 e. The van der Waals surface area contributed by atoms with Crippen molar-refractivity contribution in [1.29, 1.82) is 0 Å². The van der Waals surface area contributed by atoms with Crippen molar-refractivity contribution in [1.82, 2.24) is 19.7 Å². The second-order valence-corrected chi connectivity index (χ2v) is 6.12. The molecule has 2 heterocycles. The van der Waals surface area contributed by atoms with E-state index < -0.39 is 0 Å². The predicted molar refractivity (Wildman–Crippen MR) is 103 cm³/mol. The molecule has 4 aromatic rings. The lowest BCUT2D eigenvalue weighted by atomic mass is 10.2. The molecule has 2 aromatic carbocycles. The highest BCUT2D eigenvalue weighted by Gasteiger charge is 2.11. The molecule has 0 N–H and O–H groups in total. The number of hydrogen-bond acceptors (Lipinski definition) is 4. The Morgan fingerprint density at radius 3 is 2.69 bits per heavy atom. The number of nitrogens with zero attached hydrogens (tertiary/aromatic N) is 4. The monoisotopic (exact) mass is 362 g/mol. The summed E-state index contributed by atoms with van der Waals surface area (Å²) in [6, 6.07) is 13.1. The van der Waals surface area contributed by atoms with Gasteiger partial charge in [-0.25, -0.2) is 9.97 Å². The van der Waals surface area contributed by atoms with Gasteiger partial charge in [-0.3, -0.25) is 4.68 Å². The number of benzene rings is 2. The molecule has 4 rings (SSSR count). The molecule has 0 atom stereocenters. The fourth-order valence-electron chi connectivity index (χ4n) is 2.73. The normalized spacial score (nSPS) is 10.8. The summed E-state index contributed by atoms with van der Waals surface area (Å²) in [5.74, 6) is 2.06. The second-order valence-electron chi connectivity index (χ2n) is 5.71. The topological polar surface area (TPSA) is 52.8 Å². The molecule has 0 spiro atoms. The summed E-state index contributed by atoms with van der Waals surface area (Å²) in [6.07, 6.45) is 5.17. The smallest absolute Gasteiger partial charge is 0.159 e. The number of fused-ring (bicyclic) bond motifs is 1. The molecule has 0 aliphatic rings. The van der Waals surface area contributed by atoms with E-state index in [1.807, 2.05) is 49.5 Å². The average Bonchev–Trinajstić information content (AvgIpc) is 3.07. The van der Waals surface area contributed by atoms with Crippen molar-refractivity contribution >= 4 is 28.6 Å². The minimum Gasteiger partial charge on any atom is -0.457 e. The first-order valence-electron chi connectivity index (χ1n) is 7.99. The van der Waals surface area contributed by atoms with Gasteiger partial charge in [-0.2, -0.15) is 5.10 Å². The van der Waals surface area contributed by atoms with E-state index in [1.165, 1.54) is 0 Å². The molecular formula is C20H15ClN4O. The van der Waals surface area contributed by atoms with Gasteiger partial charge in [-0.1, -0.05) is 18.2 Å². The van der Waals surface area contributed by atoms with Crippen LogP contribution in [0.3, 0.4) is 0 Å². The van der Waals surface area contributed by atoms with Crippen LogP contribution in [0.1, 0.15) is 5.69 Å². The van der Waals surface area contributed by atoms with E-state index in [1.54, 1.807) is 23.2 Å². The molecule has 0 saturated heterocycles. The van der Waals surface area contributed by atoms with Crippen LogP contribution in [-0.2, 0) is 7.05 Å². The van der Waals surface area contributed by atoms with Gasteiger partial charge in [0.1, 0.15) is 11.5 Å². The first-order valence-corrected chi connectivity index (χ1v) is 8.37. The van der Waals surface area contributed by atoms with Crippen molar-refractivity contribution in [3.05, 3.63) is 72.2 Å². The number of rotatable bonds is 4. The fourth-order valence-corrected chi connectivity index (χ4v) is 3.02. The van der Waals surface area contributed by atoms with Crippen LogP contribution in [0.5, 0.6) is 11.5 Å². The van der Waals surface area contributed by atoms with E-state index in [4.69, 9.17) is 16.3 Å². The third-order valence-electron chi connectivity index (χ3n) is 4.04.